The first-order valence-corrected chi connectivity index (χ1v) is 8.94. The van der Waals surface area contributed by atoms with Crippen LogP contribution >= 0.6 is 24.2 Å². The van der Waals surface area contributed by atoms with Gasteiger partial charge in [0, 0.05) is 9.04 Å². The van der Waals surface area contributed by atoms with E-state index in [0.717, 1.165) is 18.1 Å². The topological polar surface area (TPSA) is 55.8 Å². The van der Waals surface area contributed by atoms with Gasteiger partial charge < -0.3 is 4.74 Å². The Kier molecular flexibility index (Phi) is 6.95. The molecular formula is C16H15BrF2O4P+. The lowest BCUT2D eigenvalue weighted by Crippen LogP contribution is -2.15. The summed E-state index contributed by atoms with van der Waals surface area (Å²) in [5.74, 6) is 0. The quantitative estimate of drug-likeness (QED) is 0.487. The van der Waals surface area contributed by atoms with Crippen LogP contribution in [0, 0.1) is 0 Å². The summed E-state index contributed by atoms with van der Waals surface area (Å²) < 4.78 is 47.2. The van der Waals surface area contributed by atoms with Gasteiger partial charge in [0.2, 0.25) is 0 Å². The van der Waals surface area contributed by atoms with E-state index in [0.29, 0.717) is 12.2 Å². The predicted octanol–water partition coefficient (Wildman–Crippen LogP) is 4.92. The minimum atomic E-state index is -3.85. The van der Waals surface area contributed by atoms with Crippen molar-refractivity contribution in [3.05, 3.63) is 69.7 Å². The van der Waals surface area contributed by atoms with Crippen LogP contribution in [0.15, 0.2) is 53.0 Å². The maximum Gasteiger partial charge on any atom is 0.701 e. The largest absolute Gasteiger partial charge is 0.701 e. The molecule has 0 aliphatic carbocycles. The Morgan fingerprint density at radius 2 is 1.83 bits per heavy atom. The molecule has 1 atom stereocenters. The third-order valence-corrected chi connectivity index (χ3v) is 4.23. The molecule has 0 aliphatic heterocycles. The fraction of sp³-hybridized carbons (Fsp3) is 0.250. The van der Waals surface area contributed by atoms with Gasteiger partial charge in [-0.3, -0.25) is 0 Å². The van der Waals surface area contributed by atoms with Crippen LogP contribution in [0.3, 0.4) is 0 Å². The van der Waals surface area contributed by atoms with Crippen LogP contribution in [-0.2, 0) is 33.0 Å². The van der Waals surface area contributed by atoms with Crippen LogP contribution in [0.5, 0.6) is 0 Å². The zero-order valence-corrected chi connectivity index (χ0v) is 15.0. The lowest BCUT2D eigenvalue weighted by molar-refractivity contribution is -0.186. The zero-order valence-electron chi connectivity index (χ0n) is 12.5. The monoisotopic (exact) mass is 419 g/mol. The van der Waals surface area contributed by atoms with Crippen molar-refractivity contribution in [2.24, 2.45) is 0 Å². The lowest BCUT2D eigenvalue weighted by Gasteiger charge is -2.12. The van der Waals surface area contributed by atoms with Crippen LogP contribution in [0.25, 0.3) is 0 Å². The predicted molar refractivity (Wildman–Crippen MR) is 88.7 cm³/mol. The van der Waals surface area contributed by atoms with Crippen molar-refractivity contribution in [3.8, 4) is 0 Å². The highest BCUT2D eigenvalue weighted by Gasteiger charge is 2.44. The summed E-state index contributed by atoms with van der Waals surface area (Å²) in [6, 6.07) is 13.9. The second-order valence-corrected chi connectivity index (χ2v) is 6.46. The second-order valence-electron chi connectivity index (χ2n) is 4.95. The molecule has 0 heterocycles. The van der Waals surface area contributed by atoms with E-state index < -0.39 is 19.9 Å². The van der Waals surface area contributed by atoms with Crippen molar-refractivity contribution in [1.82, 2.24) is 0 Å². The van der Waals surface area contributed by atoms with Crippen molar-refractivity contribution in [3.63, 3.8) is 0 Å². The van der Waals surface area contributed by atoms with Crippen LogP contribution in [0.1, 0.15) is 16.7 Å². The molecule has 0 saturated carbocycles. The Balaban J connectivity index is 1.91. The molecule has 0 saturated heterocycles. The Morgan fingerprint density at radius 1 is 1.12 bits per heavy atom. The van der Waals surface area contributed by atoms with Gasteiger partial charge in [-0.25, -0.2) is 0 Å². The molecule has 0 bridgehead atoms. The van der Waals surface area contributed by atoms with Gasteiger partial charge in [0.1, 0.15) is 0 Å². The van der Waals surface area contributed by atoms with Crippen molar-refractivity contribution >= 4 is 24.2 Å². The van der Waals surface area contributed by atoms with E-state index in [2.05, 4.69) is 20.5 Å². The molecule has 24 heavy (non-hydrogen) atoms. The number of ether oxygens (including phenoxy) is 1. The van der Waals surface area contributed by atoms with Crippen LogP contribution in [-0.4, -0.2) is 11.5 Å². The van der Waals surface area contributed by atoms with Gasteiger partial charge in [-0.05, 0) is 34.2 Å². The van der Waals surface area contributed by atoms with E-state index in [9.17, 15) is 13.3 Å². The average Bonchev–Trinajstić information content (AvgIpc) is 2.51. The standard InChI is InChI=1S/C16H14BrF2O4P/c17-15-10-13(6-7-14(15)16(18,19)23-24(20)21)11-22-9-8-12-4-2-1-3-5-12/h1-7,10H,8-9,11H2/p+1. The average molecular weight is 420 g/mol. The molecule has 1 N–H and O–H groups in total. The molecule has 8 heteroatoms. The highest BCUT2D eigenvalue weighted by atomic mass is 79.9. The Hall–Kier alpha value is -1.24. The Bertz CT molecular complexity index is 698. The molecule has 0 aromatic heterocycles. The summed E-state index contributed by atoms with van der Waals surface area (Å²) in [5.41, 5.74) is 1.33. The van der Waals surface area contributed by atoms with Crippen LogP contribution in [0.2, 0.25) is 0 Å². The van der Waals surface area contributed by atoms with Gasteiger partial charge in [-0.15, -0.1) is 4.89 Å². The molecule has 0 radical (unpaired) electrons. The SMILES string of the molecule is O=[P+](O)OC(F)(F)c1ccc(COCCc2ccccc2)cc1Br. The Morgan fingerprint density at radius 3 is 2.46 bits per heavy atom. The molecule has 0 spiro atoms. The number of alkyl halides is 2. The van der Waals surface area contributed by atoms with E-state index in [1.165, 1.54) is 12.1 Å². The minimum absolute atomic E-state index is 0.0773. The van der Waals surface area contributed by atoms with Gasteiger partial charge in [-0.1, -0.05) is 52.3 Å². The number of halogens is 3. The fourth-order valence-electron chi connectivity index (χ4n) is 2.06. The summed E-state index contributed by atoms with van der Waals surface area (Å²) in [6.45, 7) is 0.778. The molecule has 128 valence electrons. The van der Waals surface area contributed by atoms with Gasteiger partial charge in [0.05, 0.1) is 18.8 Å². The number of hydrogen-bond acceptors (Lipinski definition) is 3. The second kappa shape index (κ2) is 8.74. The molecule has 4 nitrogen and oxygen atoms in total. The van der Waals surface area contributed by atoms with Crippen molar-refractivity contribution in [1.29, 1.82) is 0 Å². The van der Waals surface area contributed by atoms with E-state index >= 15 is 0 Å². The minimum Gasteiger partial charge on any atom is -0.376 e. The third-order valence-electron chi connectivity index (χ3n) is 3.19. The Labute approximate surface area is 147 Å². The zero-order chi connectivity index (χ0) is 17.6. The van der Waals surface area contributed by atoms with Gasteiger partial charge >= 0.3 is 14.4 Å². The molecule has 0 amide bonds. The van der Waals surface area contributed by atoms with Gasteiger partial charge in [0.25, 0.3) is 0 Å². The van der Waals surface area contributed by atoms with Crippen molar-refractivity contribution in [2.75, 3.05) is 6.61 Å². The maximum absolute atomic E-state index is 13.7. The summed E-state index contributed by atoms with van der Waals surface area (Å²) in [6.07, 6.45) is -3.09. The molecule has 0 aliphatic rings. The molecular weight excluding hydrogens is 405 g/mol. The number of benzene rings is 2. The summed E-state index contributed by atoms with van der Waals surface area (Å²) in [7, 11) is -3.41. The fourth-order valence-corrected chi connectivity index (χ4v) is 3.01. The molecule has 0 fully saturated rings. The van der Waals surface area contributed by atoms with Gasteiger partial charge in [-0.2, -0.15) is 8.78 Å². The van der Waals surface area contributed by atoms with E-state index in [-0.39, 0.29) is 11.1 Å². The van der Waals surface area contributed by atoms with Gasteiger partial charge in [0.15, 0.2) is 0 Å². The number of hydrogen-bond donors (Lipinski definition) is 1. The summed E-state index contributed by atoms with van der Waals surface area (Å²) in [4.78, 5) is 8.50. The third kappa shape index (κ3) is 5.69. The molecule has 2 aromatic carbocycles. The highest BCUT2D eigenvalue weighted by Crippen LogP contribution is 2.40. The summed E-state index contributed by atoms with van der Waals surface area (Å²) in [5, 5.41) is 0. The molecule has 2 aromatic rings. The molecule has 2 rings (SSSR count). The highest BCUT2D eigenvalue weighted by molar-refractivity contribution is 9.10. The van der Waals surface area contributed by atoms with Crippen LogP contribution in [0.4, 0.5) is 8.78 Å². The maximum atomic E-state index is 13.7. The number of rotatable bonds is 8. The normalized spacial score (nSPS) is 12.2. The first kappa shape index (κ1) is 19.1. The van der Waals surface area contributed by atoms with Crippen LogP contribution < -0.4 is 0 Å². The van der Waals surface area contributed by atoms with Crippen molar-refractivity contribution in [2.45, 2.75) is 19.1 Å². The van der Waals surface area contributed by atoms with E-state index in [1.54, 1.807) is 0 Å². The molecule has 1 unspecified atom stereocenters. The summed E-state index contributed by atoms with van der Waals surface area (Å²) >= 11 is 3.03. The smallest absolute Gasteiger partial charge is 0.376 e. The van der Waals surface area contributed by atoms with E-state index in [4.69, 9.17) is 9.63 Å². The lowest BCUT2D eigenvalue weighted by atomic mass is 10.1. The first-order chi connectivity index (χ1) is 11.4. The van der Waals surface area contributed by atoms with Crippen molar-refractivity contribution < 1.29 is 27.5 Å². The first-order valence-electron chi connectivity index (χ1n) is 7.02. The van der Waals surface area contributed by atoms with E-state index in [1.807, 2.05) is 30.3 Å².